The van der Waals surface area contributed by atoms with E-state index < -0.39 is 0 Å². The van der Waals surface area contributed by atoms with E-state index in [9.17, 15) is 0 Å². The molecule has 0 bridgehead atoms. The first-order valence-electron chi connectivity index (χ1n) is 4.56. The number of aromatic nitrogens is 2. The molecule has 4 heteroatoms. The summed E-state index contributed by atoms with van der Waals surface area (Å²) in [6, 6.07) is 0. The quantitative estimate of drug-likeness (QED) is 0.621. The molecule has 76 valence electrons. The number of nitrogens with zero attached hydrogens (tertiary/aromatic N) is 2. The fraction of sp³-hybridized carbons (Fsp3) is 0.600. The van der Waals surface area contributed by atoms with Gasteiger partial charge in [-0.3, -0.25) is 0 Å². The van der Waals surface area contributed by atoms with E-state index in [1.54, 1.807) is 6.20 Å². The average Bonchev–Trinajstić information content (AvgIpc) is 2.17. The molecule has 0 saturated carbocycles. The number of hydrogen-bond donors (Lipinski definition) is 0. The van der Waals surface area contributed by atoms with Crippen LogP contribution in [0.2, 0.25) is 5.28 Å². The fourth-order valence-electron chi connectivity index (χ4n) is 2.00. The summed E-state index contributed by atoms with van der Waals surface area (Å²) >= 11 is 5.77. The van der Waals surface area contributed by atoms with Crippen molar-refractivity contribution in [3.63, 3.8) is 0 Å². The minimum atomic E-state index is -0.384. The highest BCUT2D eigenvalue weighted by Gasteiger charge is 2.44. The molecule has 14 heavy (non-hydrogen) atoms. The van der Waals surface area contributed by atoms with Crippen LogP contribution in [0.1, 0.15) is 39.0 Å². The first kappa shape index (κ1) is 9.87. The van der Waals surface area contributed by atoms with Gasteiger partial charge >= 0.3 is 0 Å². The zero-order valence-corrected chi connectivity index (χ0v) is 9.51. The molecule has 0 aromatic carbocycles. The van der Waals surface area contributed by atoms with Crippen LogP contribution < -0.4 is 0 Å². The van der Waals surface area contributed by atoms with Gasteiger partial charge < -0.3 is 4.74 Å². The Hall–Kier alpha value is -0.670. The van der Waals surface area contributed by atoms with Gasteiger partial charge in [-0.15, -0.1) is 0 Å². The van der Waals surface area contributed by atoms with Gasteiger partial charge in [0.05, 0.1) is 11.3 Å². The normalized spacial score (nSPS) is 22.1. The summed E-state index contributed by atoms with van der Waals surface area (Å²) in [6.07, 6.45) is 1.75. The molecule has 0 radical (unpaired) electrons. The van der Waals surface area contributed by atoms with Crippen LogP contribution in [-0.2, 0) is 15.9 Å². The van der Waals surface area contributed by atoms with Gasteiger partial charge in [0, 0.05) is 11.8 Å². The van der Waals surface area contributed by atoms with Crippen molar-refractivity contribution in [2.75, 3.05) is 0 Å². The Morgan fingerprint density at radius 1 is 1.21 bits per heavy atom. The average molecular weight is 213 g/mol. The Labute approximate surface area is 88.5 Å². The van der Waals surface area contributed by atoms with Gasteiger partial charge in [-0.05, 0) is 39.3 Å². The van der Waals surface area contributed by atoms with Gasteiger partial charge in [-0.1, -0.05) is 0 Å². The smallest absolute Gasteiger partial charge is 0.222 e. The van der Waals surface area contributed by atoms with Crippen molar-refractivity contribution in [1.82, 2.24) is 9.97 Å². The maximum absolute atomic E-state index is 5.90. The third-order valence-electron chi connectivity index (χ3n) is 2.49. The van der Waals surface area contributed by atoms with Crippen molar-refractivity contribution in [2.24, 2.45) is 0 Å². The number of ether oxygens (including phenoxy) is 1. The van der Waals surface area contributed by atoms with Crippen LogP contribution >= 0.6 is 11.6 Å². The van der Waals surface area contributed by atoms with Crippen LogP contribution in [0.4, 0.5) is 0 Å². The lowest BCUT2D eigenvalue weighted by molar-refractivity contribution is -0.106. The largest absolute Gasteiger partial charge is 0.359 e. The minimum absolute atomic E-state index is 0.276. The van der Waals surface area contributed by atoms with E-state index in [1.165, 1.54) is 0 Å². The summed E-state index contributed by atoms with van der Waals surface area (Å²) in [5, 5.41) is 0.276. The van der Waals surface area contributed by atoms with Crippen molar-refractivity contribution in [3.05, 3.63) is 22.7 Å². The second-order valence-corrected chi connectivity index (χ2v) is 4.86. The Morgan fingerprint density at radius 3 is 2.50 bits per heavy atom. The second kappa shape index (κ2) is 2.67. The van der Waals surface area contributed by atoms with Crippen molar-refractivity contribution in [2.45, 2.75) is 38.9 Å². The SMILES string of the molecule is CC1(C)OC(C)(C)c2nc(Cl)ncc21. The standard InChI is InChI=1S/C10H13ClN2O/c1-9(2)6-5-12-8(11)13-7(6)10(3,4)14-9/h5H,1-4H3. The number of halogens is 1. The van der Waals surface area contributed by atoms with Gasteiger partial charge in [0.15, 0.2) is 0 Å². The van der Waals surface area contributed by atoms with Gasteiger partial charge in [0.1, 0.15) is 5.60 Å². The van der Waals surface area contributed by atoms with E-state index in [4.69, 9.17) is 16.3 Å². The Bertz CT molecular complexity index is 388. The molecule has 0 saturated heterocycles. The monoisotopic (exact) mass is 212 g/mol. The molecular weight excluding hydrogens is 200 g/mol. The lowest BCUT2D eigenvalue weighted by Crippen LogP contribution is -2.22. The third-order valence-corrected chi connectivity index (χ3v) is 2.67. The number of rotatable bonds is 0. The molecule has 2 rings (SSSR count). The molecular formula is C10H13ClN2O. The first-order chi connectivity index (χ1) is 6.33. The summed E-state index contributed by atoms with van der Waals surface area (Å²) in [6.45, 7) is 8.00. The molecule has 0 fully saturated rings. The molecule has 1 aromatic rings. The first-order valence-corrected chi connectivity index (χ1v) is 4.94. The fourth-order valence-corrected chi connectivity index (χ4v) is 2.13. The molecule has 0 amide bonds. The van der Waals surface area contributed by atoms with E-state index in [0.29, 0.717) is 0 Å². The summed E-state index contributed by atoms with van der Waals surface area (Å²) in [4.78, 5) is 8.22. The molecule has 0 spiro atoms. The maximum atomic E-state index is 5.90. The van der Waals surface area contributed by atoms with Crippen molar-refractivity contribution >= 4 is 11.6 Å². The van der Waals surface area contributed by atoms with E-state index in [-0.39, 0.29) is 16.5 Å². The van der Waals surface area contributed by atoms with Crippen LogP contribution in [0.3, 0.4) is 0 Å². The highest BCUT2D eigenvalue weighted by molar-refractivity contribution is 6.28. The van der Waals surface area contributed by atoms with Crippen LogP contribution in [0.25, 0.3) is 0 Å². The molecule has 1 aliphatic rings. The van der Waals surface area contributed by atoms with Crippen LogP contribution in [0.15, 0.2) is 6.20 Å². The van der Waals surface area contributed by atoms with Crippen molar-refractivity contribution < 1.29 is 4.74 Å². The van der Waals surface area contributed by atoms with E-state index in [1.807, 2.05) is 27.7 Å². The summed E-state index contributed by atoms with van der Waals surface area (Å²) < 4.78 is 5.90. The third kappa shape index (κ3) is 1.31. The molecule has 0 unspecified atom stereocenters. The summed E-state index contributed by atoms with van der Waals surface area (Å²) in [5.74, 6) is 0. The van der Waals surface area contributed by atoms with Gasteiger partial charge in [-0.25, -0.2) is 9.97 Å². The van der Waals surface area contributed by atoms with Gasteiger partial charge in [-0.2, -0.15) is 0 Å². The Kier molecular flexibility index (Phi) is 1.88. The van der Waals surface area contributed by atoms with E-state index >= 15 is 0 Å². The van der Waals surface area contributed by atoms with Crippen molar-refractivity contribution in [3.8, 4) is 0 Å². The predicted molar refractivity (Wildman–Crippen MR) is 54.2 cm³/mol. The Balaban J connectivity index is 2.66. The van der Waals surface area contributed by atoms with Crippen LogP contribution in [0, 0.1) is 0 Å². The van der Waals surface area contributed by atoms with Crippen molar-refractivity contribution in [1.29, 1.82) is 0 Å². The van der Waals surface area contributed by atoms with E-state index in [2.05, 4.69) is 9.97 Å². The maximum Gasteiger partial charge on any atom is 0.222 e. The van der Waals surface area contributed by atoms with Crippen LogP contribution in [-0.4, -0.2) is 9.97 Å². The Morgan fingerprint density at radius 2 is 1.86 bits per heavy atom. The second-order valence-electron chi connectivity index (χ2n) is 4.52. The summed E-state index contributed by atoms with van der Waals surface area (Å²) in [7, 11) is 0. The summed E-state index contributed by atoms with van der Waals surface area (Å²) in [5.41, 5.74) is 1.20. The molecule has 0 aliphatic carbocycles. The molecule has 1 aromatic heterocycles. The lowest BCUT2D eigenvalue weighted by Gasteiger charge is -2.23. The van der Waals surface area contributed by atoms with Crippen LogP contribution in [0.5, 0.6) is 0 Å². The number of fused-ring (bicyclic) bond motifs is 1. The molecule has 1 aliphatic heterocycles. The predicted octanol–water partition coefficient (Wildman–Crippen LogP) is 2.63. The zero-order valence-electron chi connectivity index (χ0n) is 8.76. The van der Waals surface area contributed by atoms with Gasteiger partial charge in [0.2, 0.25) is 5.28 Å². The highest BCUT2D eigenvalue weighted by atomic mass is 35.5. The van der Waals surface area contributed by atoms with Gasteiger partial charge in [0.25, 0.3) is 0 Å². The topological polar surface area (TPSA) is 35.0 Å². The van der Waals surface area contributed by atoms with E-state index in [0.717, 1.165) is 11.3 Å². The number of hydrogen-bond acceptors (Lipinski definition) is 3. The molecule has 0 N–H and O–H groups in total. The zero-order chi connectivity index (χ0) is 10.6. The molecule has 2 heterocycles. The highest BCUT2D eigenvalue weighted by Crippen LogP contribution is 2.45. The molecule has 3 nitrogen and oxygen atoms in total. The minimum Gasteiger partial charge on any atom is -0.359 e. The lowest BCUT2D eigenvalue weighted by atomic mass is 9.97. The molecule has 0 atom stereocenters.